The van der Waals surface area contributed by atoms with Crippen molar-refractivity contribution in [3.05, 3.63) is 11.4 Å². The topological polar surface area (TPSA) is 69.3 Å². The van der Waals surface area contributed by atoms with Gasteiger partial charge in [-0.3, -0.25) is 10.00 Å². The highest BCUT2D eigenvalue weighted by Gasteiger charge is 2.31. The van der Waals surface area contributed by atoms with Crippen LogP contribution in [0.25, 0.3) is 0 Å². The molecule has 2 heterocycles. The van der Waals surface area contributed by atoms with Crippen molar-refractivity contribution in [1.82, 2.24) is 19.4 Å². The van der Waals surface area contributed by atoms with Crippen molar-refractivity contribution >= 4 is 10.0 Å². The summed E-state index contributed by atoms with van der Waals surface area (Å²) < 4.78 is 26.6. The number of aryl methyl sites for hydroxylation is 2. The number of hydrogen-bond donors (Lipinski definition) is 1. The summed E-state index contributed by atoms with van der Waals surface area (Å²) in [6, 6.07) is 0. The molecule has 0 atom stereocenters. The van der Waals surface area contributed by atoms with Gasteiger partial charge in [0.2, 0.25) is 10.0 Å². The van der Waals surface area contributed by atoms with Gasteiger partial charge in [0.1, 0.15) is 4.90 Å². The summed E-state index contributed by atoms with van der Waals surface area (Å²) in [5.41, 5.74) is 1.10. The largest absolute Gasteiger partial charge is 0.290 e. The lowest BCUT2D eigenvalue weighted by Gasteiger charge is -2.32. The maximum atomic E-state index is 12.6. The summed E-state index contributed by atoms with van der Waals surface area (Å²) in [6.45, 7) is 6.25. The van der Waals surface area contributed by atoms with Crippen LogP contribution in [0.2, 0.25) is 0 Å². The van der Waals surface area contributed by atoms with Gasteiger partial charge in [0.15, 0.2) is 0 Å². The number of piperazine rings is 1. The Balaban J connectivity index is 2.17. The molecule has 1 N–H and O–H groups in total. The van der Waals surface area contributed by atoms with Crippen LogP contribution in [-0.2, 0) is 10.0 Å². The number of nitrogens with one attached hydrogen (secondary N) is 1. The van der Waals surface area contributed by atoms with E-state index in [1.807, 2.05) is 0 Å². The molecule has 0 aliphatic carbocycles. The van der Waals surface area contributed by atoms with Crippen LogP contribution in [0.1, 0.15) is 11.4 Å². The van der Waals surface area contributed by atoms with Crippen molar-refractivity contribution in [2.75, 3.05) is 32.7 Å². The van der Waals surface area contributed by atoms with Gasteiger partial charge in [-0.25, -0.2) is 8.42 Å². The van der Waals surface area contributed by atoms with Crippen molar-refractivity contribution in [2.45, 2.75) is 18.7 Å². The molecule has 1 aromatic heterocycles. The Morgan fingerprint density at radius 2 is 1.95 bits per heavy atom. The number of terminal acetylenes is 1. The molecule has 1 aliphatic rings. The van der Waals surface area contributed by atoms with Gasteiger partial charge < -0.3 is 0 Å². The third-order valence-corrected chi connectivity index (χ3v) is 5.47. The van der Waals surface area contributed by atoms with Gasteiger partial charge in [-0.1, -0.05) is 5.92 Å². The van der Waals surface area contributed by atoms with Crippen LogP contribution in [0, 0.1) is 26.2 Å². The molecule has 19 heavy (non-hydrogen) atoms. The highest BCUT2D eigenvalue weighted by Crippen LogP contribution is 2.22. The molecule has 0 spiro atoms. The quantitative estimate of drug-likeness (QED) is 0.790. The van der Waals surface area contributed by atoms with E-state index in [1.54, 1.807) is 13.8 Å². The minimum atomic E-state index is -3.46. The van der Waals surface area contributed by atoms with Crippen molar-refractivity contribution in [2.24, 2.45) is 0 Å². The van der Waals surface area contributed by atoms with E-state index >= 15 is 0 Å². The Hall–Kier alpha value is -1.36. The maximum absolute atomic E-state index is 12.6. The standard InChI is InChI=1S/C12H18N4O2S/c1-4-5-15-6-8-16(9-7-15)19(17,18)12-10(2)13-14-11(12)3/h1H,5-9H2,2-3H3,(H,13,14). The molecule has 104 valence electrons. The van der Waals surface area contributed by atoms with Crippen LogP contribution in [0.15, 0.2) is 4.90 Å². The molecule has 0 aromatic carbocycles. The number of H-pyrrole nitrogens is 1. The molecule has 1 fully saturated rings. The van der Waals surface area contributed by atoms with E-state index in [9.17, 15) is 8.42 Å². The lowest BCUT2D eigenvalue weighted by Crippen LogP contribution is -2.48. The molecule has 1 saturated heterocycles. The van der Waals surface area contributed by atoms with E-state index in [4.69, 9.17) is 6.42 Å². The van der Waals surface area contributed by atoms with Crippen molar-refractivity contribution < 1.29 is 8.42 Å². The zero-order valence-corrected chi connectivity index (χ0v) is 12.0. The van der Waals surface area contributed by atoms with Gasteiger partial charge in [0.25, 0.3) is 0 Å². The lowest BCUT2D eigenvalue weighted by molar-refractivity contribution is 0.207. The number of nitrogens with zero attached hydrogens (tertiary/aromatic N) is 3. The second-order valence-electron chi connectivity index (χ2n) is 4.65. The van der Waals surface area contributed by atoms with Crippen LogP contribution in [-0.4, -0.2) is 60.5 Å². The first-order valence-corrected chi connectivity index (χ1v) is 7.58. The van der Waals surface area contributed by atoms with Gasteiger partial charge >= 0.3 is 0 Å². The third kappa shape index (κ3) is 2.66. The Morgan fingerprint density at radius 1 is 1.32 bits per heavy atom. The fraction of sp³-hybridized carbons (Fsp3) is 0.583. The molecule has 1 aliphatic heterocycles. The molecule has 2 rings (SSSR count). The Bertz CT molecular complexity index is 572. The van der Waals surface area contributed by atoms with E-state index in [0.717, 1.165) is 0 Å². The Labute approximate surface area is 113 Å². The maximum Gasteiger partial charge on any atom is 0.246 e. The summed E-state index contributed by atoms with van der Waals surface area (Å²) in [4.78, 5) is 2.37. The third-order valence-electron chi connectivity index (χ3n) is 3.30. The second kappa shape index (κ2) is 5.33. The zero-order chi connectivity index (χ0) is 14.0. The molecule has 0 amide bonds. The van der Waals surface area contributed by atoms with Crippen LogP contribution in [0.4, 0.5) is 0 Å². The van der Waals surface area contributed by atoms with E-state index < -0.39 is 10.0 Å². The van der Waals surface area contributed by atoms with Crippen LogP contribution < -0.4 is 0 Å². The molecular weight excluding hydrogens is 264 g/mol. The Kier molecular flexibility index (Phi) is 3.94. The first-order valence-electron chi connectivity index (χ1n) is 6.14. The van der Waals surface area contributed by atoms with Crippen LogP contribution in [0.3, 0.4) is 0 Å². The molecular formula is C12H18N4O2S. The minimum Gasteiger partial charge on any atom is -0.290 e. The fourth-order valence-corrected chi connectivity index (χ4v) is 4.06. The van der Waals surface area contributed by atoms with E-state index in [-0.39, 0.29) is 0 Å². The smallest absolute Gasteiger partial charge is 0.246 e. The summed E-state index contributed by atoms with van der Waals surface area (Å²) in [5, 5.41) is 6.67. The first-order chi connectivity index (χ1) is 8.96. The number of aromatic amines is 1. The summed E-state index contributed by atoms with van der Waals surface area (Å²) in [7, 11) is -3.46. The van der Waals surface area contributed by atoms with Gasteiger partial charge in [-0.05, 0) is 13.8 Å². The highest BCUT2D eigenvalue weighted by molar-refractivity contribution is 7.89. The predicted octanol–water partition coefficient (Wildman–Crippen LogP) is -0.0340. The average Bonchev–Trinajstić information content (AvgIpc) is 2.70. The average molecular weight is 282 g/mol. The molecule has 6 nitrogen and oxygen atoms in total. The minimum absolute atomic E-state index is 0.304. The normalized spacial score (nSPS) is 18.4. The van der Waals surface area contributed by atoms with E-state index in [1.165, 1.54) is 4.31 Å². The first kappa shape index (κ1) is 14.1. The van der Waals surface area contributed by atoms with Gasteiger partial charge in [-0.2, -0.15) is 9.40 Å². The molecule has 0 unspecified atom stereocenters. The fourth-order valence-electron chi connectivity index (χ4n) is 2.31. The van der Waals surface area contributed by atoms with Crippen LogP contribution in [0.5, 0.6) is 0 Å². The number of hydrogen-bond acceptors (Lipinski definition) is 4. The summed E-state index contributed by atoms with van der Waals surface area (Å²) in [5.74, 6) is 2.58. The van der Waals surface area contributed by atoms with E-state index in [2.05, 4.69) is 21.0 Å². The van der Waals surface area contributed by atoms with Crippen molar-refractivity contribution in [1.29, 1.82) is 0 Å². The van der Waals surface area contributed by atoms with Crippen LogP contribution >= 0.6 is 0 Å². The Morgan fingerprint density at radius 3 is 2.42 bits per heavy atom. The second-order valence-corrected chi connectivity index (χ2v) is 6.52. The lowest BCUT2D eigenvalue weighted by atomic mass is 10.3. The molecule has 7 heteroatoms. The summed E-state index contributed by atoms with van der Waals surface area (Å²) >= 11 is 0. The molecule has 1 aromatic rings. The summed E-state index contributed by atoms with van der Waals surface area (Å²) in [6.07, 6.45) is 5.26. The molecule has 0 bridgehead atoms. The SMILES string of the molecule is C#CCN1CCN(S(=O)(=O)c2c(C)n[nH]c2C)CC1. The highest BCUT2D eigenvalue weighted by atomic mass is 32.2. The number of aromatic nitrogens is 2. The monoisotopic (exact) mass is 282 g/mol. The molecule has 0 radical (unpaired) electrons. The number of sulfonamides is 1. The van der Waals surface area contributed by atoms with E-state index in [0.29, 0.717) is 49.0 Å². The predicted molar refractivity (Wildman–Crippen MR) is 72.1 cm³/mol. The van der Waals surface area contributed by atoms with Gasteiger partial charge in [0, 0.05) is 26.2 Å². The van der Waals surface area contributed by atoms with Crippen molar-refractivity contribution in [3.8, 4) is 12.3 Å². The zero-order valence-electron chi connectivity index (χ0n) is 11.2. The molecule has 0 saturated carbocycles. The van der Waals surface area contributed by atoms with Crippen molar-refractivity contribution in [3.63, 3.8) is 0 Å². The van der Waals surface area contributed by atoms with Gasteiger partial charge in [-0.15, -0.1) is 6.42 Å². The number of rotatable bonds is 3. The van der Waals surface area contributed by atoms with Gasteiger partial charge in [0.05, 0.1) is 17.9 Å².